The van der Waals surface area contributed by atoms with Gasteiger partial charge in [0.1, 0.15) is 5.69 Å². The molecule has 92 valence electrons. The summed E-state index contributed by atoms with van der Waals surface area (Å²) < 4.78 is 0. The zero-order chi connectivity index (χ0) is 12.4. The molecule has 2 rings (SSSR count). The van der Waals surface area contributed by atoms with Crippen molar-refractivity contribution in [1.29, 1.82) is 0 Å². The molecule has 2 N–H and O–H groups in total. The number of H-pyrrole nitrogens is 1. The predicted molar refractivity (Wildman–Crippen MR) is 62.1 cm³/mol. The van der Waals surface area contributed by atoms with E-state index in [1.54, 1.807) is 17.2 Å². The number of carbonyl (C=O) groups is 2. The Morgan fingerprint density at radius 3 is 2.53 bits per heavy atom. The lowest BCUT2D eigenvalue weighted by atomic mass is 9.97. The third-order valence-electron chi connectivity index (χ3n) is 3.01. The Balaban J connectivity index is 1.97. The van der Waals surface area contributed by atoms with Crippen molar-refractivity contribution >= 4 is 23.5 Å². The highest BCUT2D eigenvalue weighted by molar-refractivity contribution is 6.30. The topological polar surface area (TPSA) is 73.4 Å². The summed E-state index contributed by atoms with van der Waals surface area (Å²) in [5.74, 6) is -1.23. The Morgan fingerprint density at radius 2 is 2.06 bits per heavy atom. The van der Waals surface area contributed by atoms with Gasteiger partial charge in [0.15, 0.2) is 0 Å². The number of hydrogen-bond donors (Lipinski definition) is 2. The molecule has 0 spiro atoms. The van der Waals surface area contributed by atoms with Crippen LogP contribution in [0.15, 0.2) is 12.3 Å². The molecule has 0 bridgehead atoms. The number of aromatic amines is 1. The Bertz CT molecular complexity index is 436. The van der Waals surface area contributed by atoms with Gasteiger partial charge in [0.05, 0.1) is 10.9 Å². The third kappa shape index (κ3) is 2.61. The first-order valence-electron chi connectivity index (χ1n) is 5.44. The van der Waals surface area contributed by atoms with E-state index in [0.29, 0.717) is 36.6 Å². The van der Waals surface area contributed by atoms with Crippen LogP contribution in [0.2, 0.25) is 5.02 Å². The fourth-order valence-electron chi connectivity index (χ4n) is 1.99. The molecule has 0 unspecified atom stereocenters. The molecule has 0 radical (unpaired) electrons. The van der Waals surface area contributed by atoms with Gasteiger partial charge in [0.25, 0.3) is 5.91 Å². The van der Waals surface area contributed by atoms with E-state index in [1.165, 1.54) is 0 Å². The maximum absolute atomic E-state index is 12.0. The van der Waals surface area contributed by atoms with Crippen LogP contribution in [0.5, 0.6) is 0 Å². The summed E-state index contributed by atoms with van der Waals surface area (Å²) in [4.78, 5) is 27.2. The Kier molecular flexibility index (Phi) is 3.38. The van der Waals surface area contributed by atoms with Gasteiger partial charge in [-0.25, -0.2) is 0 Å². The third-order valence-corrected chi connectivity index (χ3v) is 3.23. The molecule has 6 heteroatoms. The molecule has 1 amide bonds. The monoisotopic (exact) mass is 256 g/mol. The zero-order valence-corrected chi connectivity index (χ0v) is 9.91. The minimum absolute atomic E-state index is 0.124. The van der Waals surface area contributed by atoms with Crippen molar-refractivity contribution in [1.82, 2.24) is 9.88 Å². The summed E-state index contributed by atoms with van der Waals surface area (Å²) in [6.07, 6.45) is 2.57. The number of nitrogens with one attached hydrogen (secondary N) is 1. The number of carboxylic acid groups (broad SMARTS) is 1. The lowest BCUT2D eigenvalue weighted by molar-refractivity contribution is -0.143. The van der Waals surface area contributed by atoms with Crippen LogP contribution in [0.4, 0.5) is 0 Å². The van der Waals surface area contributed by atoms with E-state index in [9.17, 15) is 9.59 Å². The second-order valence-electron chi connectivity index (χ2n) is 4.14. The molecule has 1 aromatic rings. The van der Waals surface area contributed by atoms with Crippen molar-refractivity contribution in [2.75, 3.05) is 13.1 Å². The van der Waals surface area contributed by atoms with Crippen molar-refractivity contribution in [3.8, 4) is 0 Å². The molecular weight excluding hydrogens is 244 g/mol. The highest BCUT2D eigenvalue weighted by Gasteiger charge is 2.27. The molecular formula is C11H13ClN2O3. The van der Waals surface area contributed by atoms with Crippen LogP contribution >= 0.6 is 11.6 Å². The van der Waals surface area contributed by atoms with Crippen molar-refractivity contribution in [3.63, 3.8) is 0 Å². The summed E-state index contributed by atoms with van der Waals surface area (Å²) in [5.41, 5.74) is 0.448. The van der Waals surface area contributed by atoms with Gasteiger partial charge in [0, 0.05) is 19.3 Å². The number of carboxylic acids is 1. The van der Waals surface area contributed by atoms with Gasteiger partial charge in [-0.3, -0.25) is 9.59 Å². The van der Waals surface area contributed by atoms with Crippen LogP contribution in [0, 0.1) is 5.92 Å². The van der Waals surface area contributed by atoms with Crippen LogP contribution in [0.1, 0.15) is 23.3 Å². The lowest BCUT2D eigenvalue weighted by Gasteiger charge is -2.29. The van der Waals surface area contributed by atoms with Crippen molar-refractivity contribution in [3.05, 3.63) is 23.0 Å². The molecule has 1 aromatic heterocycles. The molecule has 0 aromatic carbocycles. The van der Waals surface area contributed by atoms with Gasteiger partial charge >= 0.3 is 5.97 Å². The predicted octanol–water partition coefficient (Wildman–Crippen LogP) is 1.60. The molecule has 5 nitrogen and oxygen atoms in total. The van der Waals surface area contributed by atoms with E-state index in [1.807, 2.05) is 0 Å². The number of carbonyl (C=O) groups excluding carboxylic acids is 1. The van der Waals surface area contributed by atoms with Crippen LogP contribution in [-0.2, 0) is 4.79 Å². The van der Waals surface area contributed by atoms with Crippen LogP contribution in [0.3, 0.4) is 0 Å². The Hall–Kier alpha value is -1.49. The van der Waals surface area contributed by atoms with Gasteiger partial charge in [-0.05, 0) is 18.9 Å². The van der Waals surface area contributed by atoms with Crippen molar-refractivity contribution in [2.45, 2.75) is 12.8 Å². The number of aliphatic carboxylic acids is 1. The molecule has 1 aliphatic rings. The smallest absolute Gasteiger partial charge is 0.306 e. The summed E-state index contributed by atoms with van der Waals surface area (Å²) >= 11 is 5.73. The minimum atomic E-state index is -0.778. The standard InChI is InChI=1S/C11H13ClN2O3/c12-8-5-9(13-6-8)10(15)14-3-1-7(2-4-14)11(16)17/h5-7,13H,1-4H2,(H,16,17). The maximum Gasteiger partial charge on any atom is 0.306 e. The molecule has 0 atom stereocenters. The Morgan fingerprint density at radius 1 is 1.41 bits per heavy atom. The van der Waals surface area contributed by atoms with E-state index < -0.39 is 5.97 Å². The first-order valence-corrected chi connectivity index (χ1v) is 5.81. The lowest BCUT2D eigenvalue weighted by Crippen LogP contribution is -2.40. The number of likely N-dealkylation sites (tertiary alicyclic amines) is 1. The van der Waals surface area contributed by atoms with Crippen LogP contribution in [-0.4, -0.2) is 40.0 Å². The van der Waals surface area contributed by atoms with Gasteiger partial charge in [0.2, 0.25) is 0 Å². The number of nitrogens with zero attached hydrogens (tertiary/aromatic N) is 1. The maximum atomic E-state index is 12.0. The summed E-state index contributed by atoms with van der Waals surface area (Å²) in [7, 11) is 0. The molecule has 1 fully saturated rings. The molecule has 1 saturated heterocycles. The fourth-order valence-corrected chi connectivity index (χ4v) is 2.15. The van der Waals surface area contributed by atoms with Crippen molar-refractivity contribution < 1.29 is 14.7 Å². The summed E-state index contributed by atoms with van der Waals surface area (Å²) in [6, 6.07) is 1.58. The van der Waals surface area contributed by atoms with Gasteiger partial charge < -0.3 is 15.0 Å². The number of hydrogen-bond acceptors (Lipinski definition) is 2. The van der Waals surface area contributed by atoms with Crippen LogP contribution < -0.4 is 0 Å². The number of rotatable bonds is 2. The second kappa shape index (κ2) is 4.79. The number of halogens is 1. The minimum Gasteiger partial charge on any atom is -0.481 e. The first kappa shape index (κ1) is 12.0. The molecule has 17 heavy (non-hydrogen) atoms. The molecule has 1 aliphatic heterocycles. The quantitative estimate of drug-likeness (QED) is 0.844. The van der Waals surface area contributed by atoms with E-state index in [2.05, 4.69) is 4.98 Å². The number of aromatic nitrogens is 1. The second-order valence-corrected chi connectivity index (χ2v) is 4.57. The van der Waals surface area contributed by atoms with Gasteiger partial charge in [-0.15, -0.1) is 0 Å². The van der Waals surface area contributed by atoms with E-state index in [-0.39, 0.29) is 11.8 Å². The van der Waals surface area contributed by atoms with Gasteiger partial charge in [-0.2, -0.15) is 0 Å². The highest BCUT2D eigenvalue weighted by atomic mass is 35.5. The van der Waals surface area contributed by atoms with E-state index >= 15 is 0 Å². The summed E-state index contributed by atoms with van der Waals surface area (Å²) in [5, 5.41) is 9.35. The fraction of sp³-hybridized carbons (Fsp3) is 0.455. The number of amides is 1. The van der Waals surface area contributed by atoms with Gasteiger partial charge in [-0.1, -0.05) is 11.6 Å². The molecule has 2 heterocycles. The average molecular weight is 257 g/mol. The average Bonchev–Trinajstić information content (AvgIpc) is 2.75. The summed E-state index contributed by atoms with van der Waals surface area (Å²) in [6.45, 7) is 0.957. The number of piperidine rings is 1. The zero-order valence-electron chi connectivity index (χ0n) is 9.15. The SMILES string of the molecule is O=C(O)C1CCN(C(=O)c2cc(Cl)c[nH]2)CC1. The highest BCUT2D eigenvalue weighted by Crippen LogP contribution is 2.19. The van der Waals surface area contributed by atoms with E-state index in [4.69, 9.17) is 16.7 Å². The Labute approximate surface area is 103 Å². The van der Waals surface area contributed by atoms with Crippen LogP contribution in [0.25, 0.3) is 0 Å². The molecule has 0 saturated carbocycles. The van der Waals surface area contributed by atoms with Crippen molar-refractivity contribution in [2.24, 2.45) is 5.92 Å². The normalized spacial score (nSPS) is 17.1. The first-order chi connectivity index (χ1) is 8.08. The molecule has 0 aliphatic carbocycles. The van der Waals surface area contributed by atoms with E-state index in [0.717, 1.165) is 0 Å². The largest absolute Gasteiger partial charge is 0.481 e.